The van der Waals surface area contributed by atoms with Gasteiger partial charge in [-0.2, -0.15) is 0 Å². The third kappa shape index (κ3) is 3.53. The van der Waals surface area contributed by atoms with Gasteiger partial charge < -0.3 is 30.2 Å². The molecule has 5 atom stereocenters. The minimum atomic E-state index is -1.58. The molecule has 0 heterocycles. The molecule has 5 unspecified atom stereocenters. The maximum Gasteiger partial charge on any atom is 0.283 e. The summed E-state index contributed by atoms with van der Waals surface area (Å²) in [4.78, 5) is 0. The normalized spacial score (nSPS) is 22.4. The number of aliphatic hydroxyl groups is 5. The quantitative estimate of drug-likeness (QED) is 0.294. The van der Waals surface area contributed by atoms with Gasteiger partial charge in [0.15, 0.2) is 0 Å². The van der Waals surface area contributed by atoms with E-state index in [4.69, 9.17) is 23.4 Å². The van der Waals surface area contributed by atoms with E-state index in [1.54, 1.807) is 0 Å². The molecule has 7 heteroatoms. The van der Waals surface area contributed by atoms with Gasteiger partial charge in [0, 0.05) is 0 Å². The zero-order valence-electron chi connectivity index (χ0n) is 7.82. The lowest BCUT2D eigenvalue weighted by atomic mass is 9.99. The fourth-order valence-corrected chi connectivity index (χ4v) is 0.982. The lowest BCUT2D eigenvalue weighted by Crippen LogP contribution is -2.50. The van der Waals surface area contributed by atoms with E-state index in [-0.39, 0.29) is 0 Å². The Morgan fingerprint density at radius 3 is 1.93 bits per heavy atom. The molecule has 2 radical (unpaired) electrons. The van der Waals surface area contributed by atoms with E-state index in [1.165, 1.54) is 6.92 Å². The molecule has 14 heavy (non-hydrogen) atoms. The predicted octanol–water partition coefficient (Wildman–Crippen LogP) is -3.09. The second-order valence-corrected chi connectivity index (χ2v) is 3.07. The van der Waals surface area contributed by atoms with Gasteiger partial charge >= 0.3 is 0 Å². The molecule has 0 amide bonds. The van der Waals surface area contributed by atoms with Crippen LogP contribution in [0.4, 0.5) is 0 Å². The van der Waals surface area contributed by atoms with Crippen molar-refractivity contribution >= 4 is 8.05 Å². The van der Waals surface area contributed by atoms with Crippen LogP contribution < -0.4 is 0 Å². The molecule has 0 aliphatic heterocycles. The van der Waals surface area contributed by atoms with E-state index in [0.29, 0.717) is 0 Å². The van der Waals surface area contributed by atoms with Gasteiger partial charge in [-0.05, 0) is 6.92 Å². The van der Waals surface area contributed by atoms with Crippen molar-refractivity contribution in [3.8, 4) is 0 Å². The molecule has 0 saturated carbocycles. The van der Waals surface area contributed by atoms with Crippen LogP contribution in [0.1, 0.15) is 6.92 Å². The van der Waals surface area contributed by atoms with Crippen LogP contribution in [0, 0.1) is 0 Å². The van der Waals surface area contributed by atoms with Crippen LogP contribution in [0.15, 0.2) is 0 Å². The summed E-state index contributed by atoms with van der Waals surface area (Å²) in [6.45, 7) is 0.582. The van der Waals surface area contributed by atoms with Crippen molar-refractivity contribution in [2.75, 3.05) is 6.61 Å². The Hall–Kier alpha value is -0.175. The third-order valence-corrected chi connectivity index (χ3v) is 1.90. The van der Waals surface area contributed by atoms with E-state index in [0.717, 1.165) is 0 Å². The molecule has 0 aliphatic rings. The largest absolute Gasteiger partial charge is 0.440 e. The van der Waals surface area contributed by atoms with Crippen LogP contribution in [0.2, 0.25) is 0 Å². The topological polar surface area (TPSA) is 110 Å². The van der Waals surface area contributed by atoms with Gasteiger partial charge in [-0.25, -0.2) is 0 Å². The van der Waals surface area contributed by atoms with Crippen molar-refractivity contribution in [1.82, 2.24) is 0 Å². The molecule has 0 bridgehead atoms. The first-order valence-corrected chi connectivity index (χ1v) is 4.14. The summed E-state index contributed by atoms with van der Waals surface area (Å²) in [6.07, 6.45) is -7.08. The van der Waals surface area contributed by atoms with Gasteiger partial charge in [-0.1, -0.05) is 0 Å². The zero-order valence-corrected chi connectivity index (χ0v) is 7.82. The summed E-state index contributed by atoms with van der Waals surface area (Å²) in [5.41, 5.74) is 0. The van der Waals surface area contributed by atoms with Crippen LogP contribution in [-0.2, 0) is 4.65 Å². The highest BCUT2D eigenvalue weighted by atomic mass is 16.5. The summed E-state index contributed by atoms with van der Waals surface area (Å²) in [7, 11) is 4.76. The summed E-state index contributed by atoms with van der Waals surface area (Å²) in [6, 6.07) is 0. The lowest BCUT2D eigenvalue weighted by molar-refractivity contribution is -0.127. The monoisotopic (exact) mass is 206 g/mol. The highest BCUT2D eigenvalue weighted by molar-refractivity contribution is 5.98. The van der Waals surface area contributed by atoms with Gasteiger partial charge in [0.1, 0.15) is 18.3 Å². The van der Waals surface area contributed by atoms with Gasteiger partial charge in [0.05, 0.1) is 18.8 Å². The van der Waals surface area contributed by atoms with E-state index in [2.05, 4.69) is 4.65 Å². The molecular weight excluding hydrogens is 191 g/mol. The standard InChI is InChI=1S/C7H15BO6/c1-3(10)5(12)6(13)7(14-8)4(11)2-9/h3-7,9-13H,2H2,1H3. The molecule has 0 fully saturated rings. The molecule has 6 nitrogen and oxygen atoms in total. The molecule has 0 spiro atoms. The number of rotatable bonds is 6. The SMILES string of the molecule is [B]OC(C(O)CO)C(O)C(O)C(C)O. The zero-order chi connectivity index (χ0) is 11.3. The van der Waals surface area contributed by atoms with Crippen molar-refractivity contribution in [1.29, 1.82) is 0 Å². The Balaban J connectivity index is 4.37. The van der Waals surface area contributed by atoms with E-state index < -0.39 is 37.1 Å². The molecule has 5 N–H and O–H groups in total. The van der Waals surface area contributed by atoms with Crippen molar-refractivity contribution in [2.24, 2.45) is 0 Å². The van der Waals surface area contributed by atoms with Gasteiger partial charge in [0.25, 0.3) is 8.05 Å². The molecule has 0 saturated heterocycles. The van der Waals surface area contributed by atoms with Crippen LogP contribution in [0.5, 0.6) is 0 Å². The maximum atomic E-state index is 9.36. The summed E-state index contributed by atoms with van der Waals surface area (Å²) < 4.78 is 4.20. The maximum absolute atomic E-state index is 9.36. The minimum absolute atomic E-state index is 0.675. The molecule has 0 aromatic carbocycles. The summed E-state index contributed by atoms with van der Waals surface area (Å²) >= 11 is 0. The molecular formula is C7H15BO6. The number of aliphatic hydroxyl groups excluding tert-OH is 5. The molecule has 0 aliphatic carbocycles. The molecule has 82 valence electrons. The first-order valence-electron chi connectivity index (χ1n) is 4.14. The van der Waals surface area contributed by atoms with Crippen LogP contribution in [0.25, 0.3) is 0 Å². The van der Waals surface area contributed by atoms with Crippen LogP contribution in [-0.4, -0.2) is 70.7 Å². The third-order valence-electron chi connectivity index (χ3n) is 1.90. The minimum Gasteiger partial charge on any atom is -0.440 e. The average Bonchev–Trinajstić information content (AvgIpc) is 2.16. The Kier molecular flexibility index (Phi) is 6.26. The molecule has 0 rings (SSSR count). The summed E-state index contributed by atoms with van der Waals surface area (Å²) in [5, 5.41) is 45.2. The second-order valence-electron chi connectivity index (χ2n) is 3.07. The second kappa shape index (κ2) is 6.33. The van der Waals surface area contributed by atoms with Gasteiger partial charge in [0.2, 0.25) is 0 Å². The summed E-state index contributed by atoms with van der Waals surface area (Å²) in [5.74, 6) is 0. The van der Waals surface area contributed by atoms with Crippen molar-refractivity contribution in [2.45, 2.75) is 37.4 Å². The molecule has 0 aromatic heterocycles. The van der Waals surface area contributed by atoms with E-state index in [9.17, 15) is 10.2 Å². The number of hydrogen-bond donors (Lipinski definition) is 5. The van der Waals surface area contributed by atoms with Crippen LogP contribution >= 0.6 is 0 Å². The average molecular weight is 206 g/mol. The van der Waals surface area contributed by atoms with Crippen molar-refractivity contribution in [3.63, 3.8) is 0 Å². The number of hydrogen-bond acceptors (Lipinski definition) is 6. The highest BCUT2D eigenvalue weighted by Gasteiger charge is 2.33. The van der Waals surface area contributed by atoms with Gasteiger partial charge in [-0.15, -0.1) is 0 Å². The fraction of sp³-hybridized carbons (Fsp3) is 1.00. The Morgan fingerprint density at radius 1 is 1.14 bits per heavy atom. The predicted molar refractivity (Wildman–Crippen MR) is 47.4 cm³/mol. The lowest BCUT2D eigenvalue weighted by Gasteiger charge is -2.30. The smallest absolute Gasteiger partial charge is 0.283 e. The Morgan fingerprint density at radius 2 is 1.64 bits per heavy atom. The van der Waals surface area contributed by atoms with Crippen LogP contribution in [0.3, 0.4) is 0 Å². The first-order chi connectivity index (χ1) is 6.45. The first kappa shape index (κ1) is 13.8. The Bertz CT molecular complexity index is 155. The van der Waals surface area contributed by atoms with E-state index >= 15 is 0 Å². The Labute approximate surface area is 83.2 Å². The molecule has 0 aromatic rings. The van der Waals surface area contributed by atoms with Gasteiger partial charge in [-0.3, -0.25) is 0 Å². The van der Waals surface area contributed by atoms with Crippen molar-refractivity contribution in [3.05, 3.63) is 0 Å². The van der Waals surface area contributed by atoms with E-state index in [1.807, 2.05) is 0 Å². The van der Waals surface area contributed by atoms with Crippen molar-refractivity contribution < 1.29 is 30.2 Å². The highest BCUT2D eigenvalue weighted by Crippen LogP contribution is 2.10. The fourth-order valence-electron chi connectivity index (χ4n) is 0.982.